The molecule has 3 aromatic rings. The predicted octanol–water partition coefficient (Wildman–Crippen LogP) is 4.43. The van der Waals surface area contributed by atoms with Crippen molar-refractivity contribution in [2.24, 2.45) is 0 Å². The molecule has 8 nitrogen and oxygen atoms in total. The lowest BCUT2D eigenvalue weighted by atomic mass is 10.2. The number of ether oxygens (including phenoxy) is 3. The van der Waals surface area contributed by atoms with Gasteiger partial charge in [0.05, 0.1) is 12.8 Å². The molecule has 0 fully saturated rings. The molecule has 0 aromatic heterocycles. The maximum absolute atomic E-state index is 12.2. The second-order valence-corrected chi connectivity index (χ2v) is 7.43. The molecule has 0 unspecified atom stereocenters. The molecule has 0 aliphatic heterocycles. The van der Waals surface area contributed by atoms with Crippen molar-refractivity contribution in [3.05, 3.63) is 90.0 Å². The van der Waals surface area contributed by atoms with Crippen LogP contribution in [0.3, 0.4) is 0 Å². The molecule has 0 radical (unpaired) electrons. The van der Waals surface area contributed by atoms with E-state index in [0.29, 0.717) is 29.5 Å². The van der Waals surface area contributed by atoms with Gasteiger partial charge in [-0.05, 0) is 47.5 Å². The first-order valence-corrected chi connectivity index (χ1v) is 10.8. The first kappa shape index (κ1) is 25.0. The molecule has 2 N–H and O–H groups in total. The summed E-state index contributed by atoms with van der Waals surface area (Å²) in [6, 6.07) is 21.9. The number of amides is 2. The van der Waals surface area contributed by atoms with Gasteiger partial charge in [0, 0.05) is 18.7 Å². The van der Waals surface area contributed by atoms with Crippen LogP contribution in [0, 0.1) is 0 Å². The largest absolute Gasteiger partial charge is 0.495 e. The Morgan fingerprint density at radius 3 is 2.34 bits per heavy atom. The van der Waals surface area contributed by atoms with Gasteiger partial charge in [-0.2, -0.15) is 0 Å². The minimum atomic E-state index is -0.663. The van der Waals surface area contributed by atoms with Gasteiger partial charge in [0.2, 0.25) is 5.91 Å². The highest BCUT2D eigenvalue weighted by molar-refractivity contribution is 5.97. The summed E-state index contributed by atoms with van der Waals surface area (Å²) in [4.78, 5) is 35.5. The summed E-state index contributed by atoms with van der Waals surface area (Å²) in [7, 11) is 1.45. The Bertz CT molecular complexity index is 1190. The summed E-state index contributed by atoms with van der Waals surface area (Å²) >= 11 is 0. The van der Waals surface area contributed by atoms with Gasteiger partial charge in [-0.15, -0.1) is 0 Å². The van der Waals surface area contributed by atoms with E-state index in [-0.39, 0.29) is 5.91 Å². The van der Waals surface area contributed by atoms with Gasteiger partial charge in [0.25, 0.3) is 5.91 Å². The predicted molar refractivity (Wildman–Crippen MR) is 133 cm³/mol. The van der Waals surface area contributed by atoms with Crippen LogP contribution in [0.4, 0.5) is 11.4 Å². The number of nitrogens with one attached hydrogen (secondary N) is 2. The molecule has 0 bridgehead atoms. The minimum Gasteiger partial charge on any atom is -0.495 e. The Morgan fingerprint density at radius 2 is 1.66 bits per heavy atom. The summed E-state index contributed by atoms with van der Waals surface area (Å²) in [5.74, 6) is -0.353. The van der Waals surface area contributed by atoms with Gasteiger partial charge >= 0.3 is 5.97 Å². The van der Waals surface area contributed by atoms with Crippen LogP contribution in [0.5, 0.6) is 11.5 Å². The van der Waals surface area contributed by atoms with Gasteiger partial charge in [-0.25, -0.2) is 4.79 Å². The highest BCUT2D eigenvalue weighted by atomic mass is 16.5. The minimum absolute atomic E-state index is 0.248. The van der Waals surface area contributed by atoms with E-state index < -0.39 is 18.5 Å². The quantitative estimate of drug-likeness (QED) is 0.333. The molecular weight excluding hydrogens is 448 g/mol. The van der Waals surface area contributed by atoms with E-state index in [1.54, 1.807) is 24.3 Å². The summed E-state index contributed by atoms with van der Waals surface area (Å²) in [6.45, 7) is 1.36. The Labute approximate surface area is 203 Å². The summed E-state index contributed by atoms with van der Waals surface area (Å²) < 4.78 is 16.0. The third-order valence-corrected chi connectivity index (χ3v) is 4.68. The molecule has 35 heavy (non-hydrogen) atoms. The number of benzene rings is 3. The van der Waals surface area contributed by atoms with E-state index in [9.17, 15) is 14.4 Å². The average Bonchev–Trinajstić information content (AvgIpc) is 2.86. The zero-order valence-corrected chi connectivity index (χ0v) is 19.4. The van der Waals surface area contributed by atoms with Crippen LogP contribution in [0.25, 0.3) is 6.08 Å². The molecular formula is C27H26N2O6. The van der Waals surface area contributed by atoms with Crippen LogP contribution in [0.1, 0.15) is 18.1 Å². The van der Waals surface area contributed by atoms with Crippen LogP contribution < -0.4 is 20.1 Å². The highest BCUT2D eigenvalue weighted by Gasteiger charge is 2.11. The van der Waals surface area contributed by atoms with Gasteiger partial charge < -0.3 is 24.8 Å². The standard InChI is InChI=1S/C27H26N2O6/c1-19(30)28-22-11-14-25(33-2)24(16-22)29-26(31)18-35-27(32)15-10-20-8-12-23(13-9-20)34-17-21-6-4-3-5-7-21/h3-16H,17-18H2,1-2H3,(H,28,30)(H,29,31)/b15-10+. The highest BCUT2D eigenvalue weighted by Crippen LogP contribution is 2.27. The maximum atomic E-state index is 12.2. The summed E-state index contributed by atoms with van der Waals surface area (Å²) in [5, 5.41) is 5.23. The Kier molecular flexibility index (Phi) is 9.01. The molecule has 3 aromatic carbocycles. The van der Waals surface area contributed by atoms with Crippen LogP contribution >= 0.6 is 0 Å². The third kappa shape index (κ3) is 8.36. The normalized spacial score (nSPS) is 10.5. The fourth-order valence-corrected chi connectivity index (χ4v) is 3.04. The zero-order valence-electron chi connectivity index (χ0n) is 19.4. The fourth-order valence-electron chi connectivity index (χ4n) is 3.04. The van der Waals surface area contributed by atoms with Gasteiger partial charge in [-0.3, -0.25) is 9.59 Å². The Morgan fingerprint density at radius 1 is 0.914 bits per heavy atom. The molecule has 0 heterocycles. The molecule has 0 saturated carbocycles. The average molecular weight is 475 g/mol. The topological polar surface area (TPSA) is 103 Å². The first-order valence-electron chi connectivity index (χ1n) is 10.8. The van der Waals surface area contributed by atoms with Gasteiger partial charge in [-0.1, -0.05) is 42.5 Å². The lowest BCUT2D eigenvalue weighted by molar-refractivity contribution is -0.142. The molecule has 180 valence electrons. The van der Waals surface area contributed by atoms with Crippen molar-refractivity contribution in [3.63, 3.8) is 0 Å². The third-order valence-electron chi connectivity index (χ3n) is 4.68. The van der Waals surface area contributed by atoms with Crippen molar-refractivity contribution in [2.75, 3.05) is 24.4 Å². The summed E-state index contributed by atoms with van der Waals surface area (Å²) in [5.41, 5.74) is 2.68. The second kappa shape index (κ2) is 12.6. The van der Waals surface area contributed by atoms with E-state index in [4.69, 9.17) is 14.2 Å². The number of hydrogen-bond donors (Lipinski definition) is 2. The van der Waals surface area contributed by atoms with E-state index in [0.717, 1.165) is 11.1 Å². The molecule has 0 aliphatic carbocycles. The second-order valence-electron chi connectivity index (χ2n) is 7.43. The van der Waals surface area contributed by atoms with Crippen molar-refractivity contribution in [1.82, 2.24) is 0 Å². The zero-order chi connectivity index (χ0) is 25.0. The molecule has 3 rings (SSSR count). The number of carbonyl (C=O) groups excluding carboxylic acids is 3. The van der Waals surface area contributed by atoms with Crippen LogP contribution in [-0.4, -0.2) is 31.5 Å². The van der Waals surface area contributed by atoms with Crippen molar-refractivity contribution >= 4 is 35.2 Å². The van der Waals surface area contributed by atoms with Gasteiger partial charge in [0.15, 0.2) is 6.61 Å². The lowest BCUT2D eigenvalue weighted by Gasteiger charge is -2.12. The first-order chi connectivity index (χ1) is 16.9. The monoisotopic (exact) mass is 474 g/mol. The van der Waals surface area contributed by atoms with Crippen molar-refractivity contribution in [2.45, 2.75) is 13.5 Å². The molecule has 0 spiro atoms. The molecule has 8 heteroatoms. The number of rotatable bonds is 10. The Balaban J connectivity index is 1.47. The summed E-state index contributed by atoms with van der Waals surface area (Å²) in [6.07, 6.45) is 2.83. The molecule has 2 amide bonds. The van der Waals surface area contributed by atoms with Crippen molar-refractivity contribution in [3.8, 4) is 11.5 Å². The van der Waals surface area contributed by atoms with Crippen LogP contribution in [-0.2, 0) is 25.7 Å². The van der Waals surface area contributed by atoms with E-state index in [1.165, 1.54) is 20.1 Å². The van der Waals surface area contributed by atoms with Gasteiger partial charge in [0.1, 0.15) is 18.1 Å². The van der Waals surface area contributed by atoms with Crippen LogP contribution in [0.15, 0.2) is 78.9 Å². The molecule has 0 saturated heterocycles. The fraction of sp³-hybridized carbons (Fsp3) is 0.148. The number of anilines is 2. The van der Waals surface area contributed by atoms with Crippen molar-refractivity contribution in [1.29, 1.82) is 0 Å². The SMILES string of the molecule is COc1ccc(NC(C)=O)cc1NC(=O)COC(=O)/C=C/c1ccc(OCc2ccccc2)cc1. The maximum Gasteiger partial charge on any atom is 0.331 e. The van der Waals surface area contributed by atoms with E-state index in [2.05, 4.69) is 10.6 Å². The number of hydrogen-bond acceptors (Lipinski definition) is 6. The number of methoxy groups -OCH3 is 1. The number of esters is 1. The van der Waals surface area contributed by atoms with Crippen molar-refractivity contribution < 1.29 is 28.6 Å². The molecule has 0 aliphatic rings. The van der Waals surface area contributed by atoms with E-state index >= 15 is 0 Å². The Hall–Kier alpha value is -4.59. The van der Waals surface area contributed by atoms with Crippen LogP contribution in [0.2, 0.25) is 0 Å². The van der Waals surface area contributed by atoms with E-state index in [1.807, 2.05) is 54.6 Å². The lowest BCUT2D eigenvalue weighted by Crippen LogP contribution is -2.20. The smallest absolute Gasteiger partial charge is 0.331 e. The number of carbonyl (C=O) groups is 3. The molecule has 0 atom stereocenters.